The first-order chi connectivity index (χ1) is 14.6. The number of benzene rings is 1. The quantitative estimate of drug-likeness (QED) is 0.520. The minimum atomic E-state index is -0.355. The first kappa shape index (κ1) is 20.0. The van der Waals surface area contributed by atoms with Crippen LogP contribution in [0.15, 0.2) is 36.7 Å². The first-order valence-corrected chi connectivity index (χ1v) is 9.90. The van der Waals surface area contributed by atoms with Crippen molar-refractivity contribution in [3.8, 4) is 0 Å². The van der Waals surface area contributed by atoms with Crippen LogP contribution in [0, 0.1) is 0 Å². The van der Waals surface area contributed by atoms with Gasteiger partial charge in [-0.2, -0.15) is 0 Å². The Morgan fingerprint density at radius 2 is 1.73 bits per heavy atom. The van der Waals surface area contributed by atoms with Crippen molar-refractivity contribution in [2.45, 2.75) is 6.42 Å². The Morgan fingerprint density at radius 3 is 2.43 bits per heavy atom. The molecule has 0 bridgehead atoms. The molecule has 156 valence electrons. The van der Waals surface area contributed by atoms with Crippen LogP contribution in [-0.2, 0) is 4.74 Å². The Labute approximate surface area is 174 Å². The summed E-state index contributed by atoms with van der Waals surface area (Å²) >= 11 is 0. The van der Waals surface area contributed by atoms with Gasteiger partial charge in [0.25, 0.3) is 17.7 Å². The Morgan fingerprint density at radius 1 is 1.03 bits per heavy atom. The minimum Gasteiger partial charge on any atom is -0.385 e. The van der Waals surface area contributed by atoms with Crippen LogP contribution in [0.5, 0.6) is 0 Å². The highest BCUT2D eigenvalue weighted by Gasteiger charge is 2.36. The summed E-state index contributed by atoms with van der Waals surface area (Å²) in [6, 6.07) is 6.51. The predicted octanol–water partition coefficient (Wildman–Crippen LogP) is 1.07. The molecule has 9 heteroatoms. The van der Waals surface area contributed by atoms with Crippen molar-refractivity contribution in [3.05, 3.63) is 53.3 Å². The largest absolute Gasteiger partial charge is 0.385 e. The van der Waals surface area contributed by atoms with E-state index < -0.39 is 0 Å². The summed E-state index contributed by atoms with van der Waals surface area (Å²) in [5.41, 5.74) is 1.05. The van der Waals surface area contributed by atoms with Crippen molar-refractivity contribution in [1.82, 2.24) is 19.8 Å². The number of carbonyl (C=O) groups is 3. The predicted molar refractivity (Wildman–Crippen MR) is 108 cm³/mol. The number of nitrogens with zero attached hydrogens (tertiary/aromatic N) is 5. The van der Waals surface area contributed by atoms with E-state index >= 15 is 0 Å². The Balaban J connectivity index is 1.43. The number of fused-ring (bicyclic) bond motifs is 1. The van der Waals surface area contributed by atoms with Gasteiger partial charge in [0.2, 0.25) is 5.95 Å². The van der Waals surface area contributed by atoms with E-state index in [0.29, 0.717) is 68.4 Å². The van der Waals surface area contributed by atoms with Crippen molar-refractivity contribution in [2.24, 2.45) is 0 Å². The second-order valence-electron chi connectivity index (χ2n) is 7.20. The number of imide groups is 1. The van der Waals surface area contributed by atoms with Crippen molar-refractivity contribution in [1.29, 1.82) is 0 Å². The molecule has 3 amide bonds. The monoisotopic (exact) mass is 409 g/mol. The second kappa shape index (κ2) is 8.58. The molecule has 4 rings (SSSR count). The molecule has 30 heavy (non-hydrogen) atoms. The number of ether oxygens (including phenoxy) is 1. The standard InChI is InChI=1S/C21H23N5O4/c1-30-13-3-8-26-19(28)16-5-4-15(14-17(16)20(26)29)18(27)24-9-11-25(12-10-24)21-22-6-2-7-23-21/h2,4-7,14H,3,8-13H2,1H3. The summed E-state index contributed by atoms with van der Waals surface area (Å²) in [5, 5.41) is 0. The molecule has 2 aromatic rings. The van der Waals surface area contributed by atoms with E-state index in [1.165, 1.54) is 4.90 Å². The lowest BCUT2D eigenvalue weighted by atomic mass is 10.0. The molecule has 0 atom stereocenters. The van der Waals surface area contributed by atoms with Gasteiger partial charge in [-0.3, -0.25) is 19.3 Å². The molecule has 1 aromatic carbocycles. The third kappa shape index (κ3) is 3.76. The number of amides is 3. The molecule has 0 N–H and O–H groups in total. The number of aromatic nitrogens is 2. The van der Waals surface area contributed by atoms with Gasteiger partial charge in [0.15, 0.2) is 0 Å². The molecule has 2 aliphatic heterocycles. The molecule has 9 nitrogen and oxygen atoms in total. The lowest BCUT2D eigenvalue weighted by Gasteiger charge is -2.34. The van der Waals surface area contributed by atoms with Gasteiger partial charge in [-0.1, -0.05) is 0 Å². The van der Waals surface area contributed by atoms with Gasteiger partial charge in [0, 0.05) is 64.4 Å². The average Bonchev–Trinajstić information content (AvgIpc) is 3.04. The summed E-state index contributed by atoms with van der Waals surface area (Å²) in [7, 11) is 1.58. The van der Waals surface area contributed by atoms with E-state index in [4.69, 9.17) is 4.74 Å². The number of methoxy groups -OCH3 is 1. The fraction of sp³-hybridized carbons (Fsp3) is 0.381. The van der Waals surface area contributed by atoms with Gasteiger partial charge in [0.1, 0.15) is 0 Å². The maximum absolute atomic E-state index is 13.0. The van der Waals surface area contributed by atoms with Crippen LogP contribution in [0.1, 0.15) is 37.5 Å². The molecule has 0 unspecified atom stereocenters. The Kier molecular flexibility index (Phi) is 5.71. The number of anilines is 1. The summed E-state index contributed by atoms with van der Waals surface area (Å²) in [4.78, 5) is 51.6. The second-order valence-corrected chi connectivity index (χ2v) is 7.20. The van der Waals surface area contributed by atoms with E-state index in [2.05, 4.69) is 9.97 Å². The van der Waals surface area contributed by atoms with E-state index in [1.807, 2.05) is 4.90 Å². The third-order valence-corrected chi connectivity index (χ3v) is 5.35. The lowest BCUT2D eigenvalue weighted by Crippen LogP contribution is -2.49. The molecule has 1 fully saturated rings. The van der Waals surface area contributed by atoms with Gasteiger partial charge in [-0.25, -0.2) is 9.97 Å². The molecule has 2 aliphatic rings. The van der Waals surface area contributed by atoms with Gasteiger partial charge in [-0.15, -0.1) is 0 Å². The molecule has 1 saturated heterocycles. The van der Waals surface area contributed by atoms with Crippen molar-refractivity contribution >= 4 is 23.7 Å². The number of hydrogen-bond donors (Lipinski definition) is 0. The number of piperazine rings is 1. The normalized spacial score (nSPS) is 16.2. The maximum atomic E-state index is 13.0. The number of carbonyl (C=O) groups excluding carboxylic acids is 3. The van der Waals surface area contributed by atoms with E-state index in [9.17, 15) is 14.4 Å². The molecule has 3 heterocycles. The highest BCUT2D eigenvalue weighted by atomic mass is 16.5. The van der Waals surface area contributed by atoms with Crippen LogP contribution in [0.25, 0.3) is 0 Å². The van der Waals surface area contributed by atoms with Gasteiger partial charge in [0.05, 0.1) is 11.1 Å². The summed E-state index contributed by atoms with van der Waals surface area (Å²) < 4.78 is 4.99. The zero-order valence-corrected chi connectivity index (χ0v) is 16.8. The van der Waals surface area contributed by atoms with Crippen LogP contribution in [0.2, 0.25) is 0 Å². The first-order valence-electron chi connectivity index (χ1n) is 9.90. The molecular formula is C21H23N5O4. The third-order valence-electron chi connectivity index (χ3n) is 5.35. The highest BCUT2D eigenvalue weighted by Crippen LogP contribution is 2.25. The van der Waals surface area contributed by atoms with Crippen LogP contribution in [-0.4, -0.2) is 83.9 Å². The summed E-state index contributed by atoms with van der Waals surface area (Å²) in [6.07, 6.45) is 3.96. The molecule has 0 aliphatic carbocycles. The van der Waals surface area contributed by atoms with Gasteiger partial charge >= 0.3 is 0 Å². The fourth-order valence-corrected chi connectivity index (χ4v) is 3.74. The molecule has 0 saturated carbocycles. The van der Waals surface area contributed by atoms with Crippen molar-refractivity contribution in [2.75, 3.05) is 51.3 Å². The average molecular weight is 409 g/mol. The topological polar surface area (TPSA) is 95.9 Å². The molecule has 0 radical (unpaired) electrons. The number of hydrogen-bond acceptors (Lipinski definition) is 7. The van der Waals surface area contributed by atoms with Crippen LogP contribution in [0.4, 0.5) is 5.95 Å². The van der Waals surface area contributed by atoms with Crippen LogP contribution in [0.3, 0.4) is 0 Å². The van der Waals surface area contributed by atoms with Gasteiger partial charge in [-0.05, 0) is 30.7 Å². The molecule has 0 spiro atoms. The van der Waals surface area contributed by atoms with Gasteiger partial charge < -0.3 is 14.5 Å². The summed E-state index contributed by atoms with van der Waals surface area (Å²) in [5.74, 6) is -0.169. The van der Waals surface area contributed by atoms with Crippen LogP contribution >= 0.6 is 0 Å². The van der Waals surface area contributed by atoms with Crippen molar-refractivity contribution in [3.63, 3.8) is 0 Å². The van der Waals surface area contributed by atoms with E-state index in [1.54, 1.807) is 48.7 Å². The Bertz CT molecular complexity index is 957. The smallest absolute Gasteiger partial charge is 0.261 e. The highest BCUT2D eigenvalue weighted by molar-refractivity contribution is 6.22. The van der Waals surface area contributed by atoms with Crippen molar-refractivity contribution < 1.29 is 19.1 Å². The zero-order chi connectivity index (χ0) is 21.1. The number of rotatable bonds is 6. The molecule has 1 aromatic heterocycles. The zero-order valence-electron chi connectivity index (χ0n) is 16.8. The maximum Gasteiger partial charge on any atom is 0.261 e. The lowest BCUT2D eigenvalue weighted by molar-refractivity contribution is 0.0638. The molecular weight excluding hydrogens is 386 g/mol. The minimum absolute atomic E-state index is 0.149. The fourth-order valence-electron chi connectivity index (χ4n) is 3.74. The van der Waals surface area contributed by atoms with E-state index in [-0.39, 0.29) is 17.7 Å². The summed E-state index contributed by atoms with van der Waals surface area (Å²) in [6.45, 7) is 3.09. The SMILES string of the molecule is COCCCN1C(=O)c2ccc(C(=O)N3CCN(c4ncccn4)CC3)cc2C1=O. The Hall–Kier alpha value is -3.33. The van der Waals surface area contributed by atoms with E-state index in [0.717, 1.165) is 0 Å². The van der Waals surface area contributed by atoms with Crippen LogP contribution < -0.4 is 4.90 Å².